The molecule has 4 saturated heterocycles. The molecule has 1 saturated carbocycles. The summed E-state index contributed by atoms with van der Waals surface area (Å²) in [6.45, 7) is 1.48. The van der Waals surface area contributed by atoms with Gasteiger partial charge in [-0.1, -0.05) is 197 Å². The molecule has 7 aromatic rings. The Morgan fingerprint density at radius 3 is 1.35 bits per heavy atom. The number of imidazole rings is 1. The zero-order valence-corrected chi connectivity index (χ0v) is 62.9. The zero-order valence-electron chi connectivity index (χ0n) is 54.4. The van der Waals surface area contributed by atoms with E-state index in [4.69, 9.17) is 27.7 Å². The normalized spacial score (nSPS) is 23.5. The van der Waals surface area contributed by atoms with Crippen molar-refractivity contribution in [1.82, 2.24) is 28.7 Å². The standard InChI is InChI=1S/C24H26N2O3S.C18H18N2O2S.C18H16N2OS.C12H26O2S2.2CH4.2ClH.Zn/c27-20-13-7-8-14-24(20,29)21-19-16-30-22(18-11-5-2-6-12-18)26(19)23(28)25(21)15-17-9-3-1-4-10-17;21-16-15-12-23-17(14-9-5-2-6-10-14)20(15)18(22)19(16)11-13-7-3-1-4-8-13;21-18-19(11-14-7-3-1-4-8-14)12-16-13-22-17(20(16)18)15-9-5-2-6-10-15;1-15(2,3)13-11-9-7-8-10-12(11)14-16(4,5)6;;;;;/h1-6,9-12,19,21-22,29H,7-8,13-16H2;1-10,15-17,21H,11-12H2;1-10,12,17H,11,13H2;7-10H2,1-6H3;2*1H4;2*1H;/q;;;;;;;;+2/p-2/t19-,21+,22-,24?;15-,16?,17-;17-;;;;;;/m000....../s1. The van der Waals surface area contributed by atoms with E-state index >= 15 is 0 Å². The molecule has 7 aliphatic rings. The van der Waals surface area contributed by atoms with Crippen LogP contribution in [0.5, 0.6) is 0 Å². The van der Waals surface area contributed by atoms with Gasteiger partial charge in [-0.3, -0.25) is 18.8 Å². The van der Waals surface area contributed by atoms with E-state index in [-0.39, 0.29) is 66.6 Å². The number of thioether (sulfide) groups is 3. The van der Waals surface area contributed by atoms with Gasteiger partial charge in [0, 0.05) is 49.3 Å². The van der Waals surface area contributed by atoms with Crippen molar-refractivity contribution in [1.29, 1.82) is 0 Å². The van der Waals surface area contributed by atoms with Crippen LogP contribution in [0.1, 0.15) is 121 Å². The number of halogens is 2. The molecule has 14 nitrogen and oxygen atoms in total. The number of ketones is 1. The first kappa shape index (κ1) is 76.5. The van der Waals surface area contributed by atoms with Crippen LogP contribution in [0.15, 0.2) is 205 Å². The van der Waals surface area contributed by atoms with Gasteiger partial charge in [0.2, 0.25) is 0 Å². The molecule has 2 N–H and O–H groups in total. The van der Waals surface area contributed by atoms with Crippen molar-refractivity contribution in [2.24, 2.45) is 0 Å². The van der Waals surface area contributed by atoms with Gasteiger partial charge in [-0.2, -0.15) is 0 Å². The number of hydrogen-bond acceptors (Lipinski definition) is 11. The molecular formula is C74H94Cl2N6O8S5Zn. The Balaban J connectivity index is 0.000000164. The molecule has 2 unspecified atom stereocenters. The maximum absolute atomic E-state index is 13.7. The summed E-state index contributed by atoms with van der Waals surface area (Å²) in [5.41, 5.74) is 6.30. The monoisotopic (exact) mass is 1490 g/mol. The molecule has 4 amide bonds. The second-order valence-electron chi connectivity index (χ2n) is 25.6. The van der Waals surface area contributed by atoms with E-state index in [1.807, 2.05) is 195 Å². The number of rotatable bonds is 14. The first-order valence-corrected chi connectivity index (χ1v) is 48.4. The number of nitrogens with zero attached hydrogens (tertiary/aromatic N) is 6. The average molecular weight is 1490 g/mol. The number of Topliss-reactive ketones (excluding diaryl/α,β-unsaturated/α-hetero) is 1. The second-order valence-corrected chi connectivity index (χ2v) is 40.7. The van der Waals surface area contributed by atoms with Crippen molar-refractivity contribution in [3.8, 4) is 0 Å². The molecule has 14 rings (SSSR count). The van der Waals surface area contributed by atoms with Crippen LogP contribution < -0.4 is 5.69 Å². The molecule has 8 atom stereocenters. The van der Waals surface area contributed by atoms with Gasteiger partial charge in [0.1, 0.15) is 21.7 Å². The fourth-order valence-corrected chi connectivity index (χ4v) is 18.8. The zero-order chi connectivity index (χ0) is 66.6. The van der Waals surface area contributed by atoms with E-state index in [1.165, 1.54) is 18.4 Å². The van der Waals surface area contributed by atoms with E-state index in [0.29, 0.717) is 32.5 Å². The summed E-state index contributed by atoms with van der Waals surface area (Å²) in [4.78, 5) is 59.3. The molecule has 5 fully saturated rings. The van der Waals surface area contributed by atoms with Crippen LogP contribution in [0.4, 0.5) is 9.59 Å². The summed E-state index contributed by atoms with van der Waals surface area (Å²) in [5, 5.41) is 22.2. The number of carbonyl (C=O) groups is 3. The van der Waals surface area contributed by atoms with Crippen molar-refractivity contribution in [3.63, 3.8) is 0 Å². The first-order valence-electron chi connectivity index (χ1n) is 31.9. The van der Waals surface area contributed by atoms with Gasteiger partial charge in [-0.25, -0.2) is 14.4 Å². The molecule has 2 aliphatic carbocycles. The number of allylic oxidation sites excluding steroid dienone is 2. The van der Waals surface area contributed by atoms with Gasteiger partial charge in [-0.05, 0) is 103 Å². The Morgan fingerprint density at radius 1 is 0.521 bits per heavy atom. The summed E-state index contributed by atoms with van der Waals surface area (Å²) < 4.78 is 15.9. The van der Waals surface area contributed by atoms with E-state index in [0.717, 1.165) is 88.0 Å². The molecular weight excluding hydrogens is 1400 g/mol. The minimum absolute atomic E-state index is 0. The van der Waals surface area contributed by atoms with Gasteiger partial charge < -0.3 is 33.3 Å². The Kier molecular flexibility index (Phi) is 28.0. The molecule has 1 aromatic heterocycles. The van der Waals surface area contributed by atoms with Crippen LogP contribution in [-0.2, 0) is 53.7 Å². The molecule has 6 heterocycles. The summed E-state index contributed by atoms with van der Waals surface area (Å²) in [5.74, 6) is 4.50. The Hall–Kier alpha value is -5.25. The number of amides is 4. The summed E-state index contributed by atoms with van der Waals surface area (Å²) in [7, 11) is 8.02. The summed E-state index contributed by atoms with van der Waals surface area (Å²) >= 11 is 4.32. The number of fused-ring (bicyclic) bond motifs is 3. The van der Waals surface area contributed by atoms with Crippen molar-refractivity contribution in [2.45, 2.75) is 138 Å². The van der Waals surface area contributed by atoms with Gasteiger partial charge in [0.05, 0.1) is 36.9 Å². The predicted molar refractivity (Wildman–Crippen MR) is 401 cm³/mol. The number of urea groups is 2. The Morgan fingerprint density at radius 2 is 0.906 bits per heavy atom. The fraction of sp³-hybridized carbons (Fsp3) is 0.405. The maximum atomic E-state index is 13.7. The molecule has 96 heavy (non-hydrogen) atoms. The van der Waals surface area contributed by atoms with Crippen LogP contribution in [-0.4, -0.2) is 136 Å². The number of carbonyl (C=O) groups excluding carboxylic acids is 3. The van der Waals surface area contributed by atoms with Crippen molar-refractivity contribution in [2.75, 3.05) is 49.0 Å². The van der Waals surface area contributed by atoms with Crippen molar-refractivity contribution < 1.29 is 48.1 Å². The topological polar surface area (TPSA) is 150 Å². The van der Waals surface area contributed by atoms with Gasteiger partial charge >= 0.3 is 52.3 Å². The molecule has 6 aromatic carbocycles. The third-order valence-electron chi connectivity index (χ3n) is 17.2. The second kappa shape index (κ2) is 35.2. The average Bonchev–Trinajstić information content (AvgIpc) is 1.47. The van der Waals surface area contributed by atoms with E-state index in [2.05, 4.69) is 61.8 Å². The first-order chi connectivity index (χ1) is 45.3. The van der Waals surface area contributed by atoms with Crippen molar-refractivity contribution >= 4 is 93.1 Å². The number of benzene rings is 6. The van der Waals surface area contributed by atoms with E-state index in [1.54, 1.807) is 33.3 Å². The van der Waals surface area contributed by atoms with Gasteiger partial charge in [0.15, 0.2) is 23.5 Å². The summed E-state index contributed by atoms with van der Waals surface area (Å²) in [6.07, 6.45) is 21.3. The third-order valence-corrected chi connectivity index (χ3v) is 22.5. The molecule has 0 spiro atoms. The SMILES string of the molecule is C.C.CS(C)(C)OC1=C(OS(C)(C)C)CCCC1.O=C1N(Cc2ccccc2)C(O)[C@@H]2CS[C@@H](c3ccccc3)N12.O=C1N(Cc2ccccc2)[C@@H](C2(O)CCCCC2=O)[C@@H]2CS[C@@H](c3ccccc3)N12.O=c1n(Cc2ccccc2)cc2n1[C@H](c1ccccc1)SC2.[Cl][Zn][Cl]. The van der Waals surface area contributed by atoms with Gasteiger partial charge in [0.25, 0.3) is 0 Å². The van der Waals surface area contributed by atoms with Crippen LogP contribution in [0.3, 0.4) is 0 Å². The number of aliphatic hydroxyl groups excluding tert-OH is 1. The van der Waals surface area contributed by atoms with E-state index < -0.39 is 53.6 Å². The molecule has 0 radical (unpaired) electrons. The van der Waals surface area contributed by atoms with Crippen molar-refractivity contribution in [3.05, 3.63) is 249 Å². The van der Waals surface area contributed by atoms with Crippen LogP contribution in [0.2, 0.25) is 0 Å². The fourth-order valence-electron chi connectivity index (χ4n) is 13.1. The number of aliphatic hydroxyl groups is 2. The minimum atomic E-state index is -1.46. The molecule has 0 bridgehead atoms. The summed E-state index contributed by atoms with van der Waals surface area (Å²) in [6, 6.07) is 59.1. The van der Waals surface area contributed by atoms with Crippen LogP contribution in [0, 0.1) is 0 Å². The Labute approximate surface area is 601 Å². The third kappa shape index (κ3) is 18.8. The molecule has 22 heteroatoms. The Bertz CT molecular complexity index is 3680. The number of hydrogen-bond donors (Lipinski definition) is 2. The van der Waals surface area contributed by atoms with E-state index in [9.17, 15) is 29.4 Å². The number of aromatic nitrogens is 2. The van der Waals surface area contributed by atoms with Crippen LogP contribution >= 0.6 is 75.3 Å². The van der Waals surface area contributed by atoms with Crippen LogP contribution in [0.25, 0.3) is 0 Å². The molecule has 5 aliphatic heterocycles. The quantitative estimate of drug-likeness (QED) is 0.100. The van der Waals surface area contributed by atoms with Gasteiger partial charge in [-0.15, -0.1) is 55.9 Å². The predicted octanol–water partition coefficient (Wildman–Crippen LogP) is 17.2. The molecule has 514 valence electrons.